The van der Waals surface area contributed by atoms with Crippen molar-refractivity contribution in [2.75, 3.05) is 17.2 Å². The molecule has 2 heterocycles. The number of carbonyl (C=O) groups is 2. The Morgan fingerprint density at radius 1 is 1.24 bits per heavy atom. The summed E-state index contributed by atoms with van der Waals surface area (Å²) < 4.78 is 7.45. The molecule has 0 saturated heterocycles. The first kappa shape index (κ1) is 18.7. The smallest absolute Gasteiger partial charge is 0.262 e. The maximum absolute atomic E-state index is 12.4. The van der Waals surface area contributed by atoms with E-state index in [4.69, 9.17) is 4.74 Å². The number of carbonyl (C=O) groups excluding carboxylic acids is 2. The fraction of sp³-hybridized carbons (Fsp3) is 0.238. The fourth-order valence-corrected chi connectivity index (χ4v) is 3.29. The Balaban J connectivity index is 1.49. The van der Waals surface area contributed by atoms with Gasteiger partial charge in [-0.1, -0.05) is 24.3 Å². The molecule has 0 saturated carbocycles. The van der Waals surface area contributed by atoms with E-state index in [-0.39, 0.29) is 30.9 Å². The van der Waals surface area contributed by atoms with E-state index < -0.39 is 0 Å². The zero-order valence-corrected chi connectivity index (χ0v) is 16.2. The standard InChI is InChI=1S/C21H21N5O3/c1-13-7-8-15(9-14(13)2)24-20(28)11-29-18-6-4-3-5-16(18)17-10-19(27)25-21-22-12-23-26(17)21/h3-9,12,17H,10-11H2,1-2H3,(H,24,28)(H,22,23,25,27). The van der Waals surface area contributed by atoms with Crippen LogP contribution >= 0.6 is 0 Å². The van der Waals surface area contributed by atoms with Gasteiger partial charge in [0, 0.05) is 11.3 Å². The quantitative estimate of drug-likeness (QED) is 0.697. The van der Waals surface area contributed by atoms with Crippen LogP contribution in [0.3, 0.4) is 0 Å². The van der Waals surface area contributed by atoms with Crippen molar-refractivity contribution in [3.63, 3.8) is 0 Å². The second-order valence-corrected chi connectivity index (χ2v) is 6.97. The summed E-state index contributed by atoms with van der Waals surface area (Å²) in [6, 6.07) is 12.7. The Kier molecular flexibility index (Phi) is 4.99. The van der Waals surface area contributed by atoms with E-state index in [1.54, 1.807) is 10.7 Å². The molecule has 3 aromatic rings. The van der Waals surface area contributed by atoms with Crippen LogP contribution in [0.4, 0.5) is 11.6 Å². The lowest BCUT2D eigenvalue weighted by atomic mass is 10.0. The Bertz CT molecular complexity index is 1080. The van der Waals surface area contributed by atoms with E-state index in [0.717, 1.165) is 22.4 Å². The molecule has 0 fully saturated rings. The molecule has 0 bridgehead atoms. The molecule has 2 aromatic carbocycles. The molecular weight excluding hydrogens is 370 g/mol. The summed E-state index contributed by atoms with van der Waals surface area (Å²) in [5.41, 5.74) is 3.77. The molecule has 1 aliphatic rings. The van der Waals surface area contributed by atoms with Crippen LogP contribution in [0, 0.1) is 13.8 Å². The molecule has 2 N–H and O–H groups in total. The predicted octanol–water partition coefficient (Wildman–Crippen LogP) is 2.84. The van der Waals surface area contributed by atoms with E-state index in [1.165, 1.54) is 6.33 Å². The Morgan fingerprint density at radius 3 is 2.90 bits per heavy atom. The van der Waals surface area contributed by atoms with E-state index in [0.29, 0.717) is 11.7 Å². The molecule has 148 valence electrons. The van der Waals surface area contributed by atoms with Gasteiger partial charge in [0.1, 0.15) is 12.1 Å². The fourth-order valence-electron chi connectivity index (χ4n) is 3.29. The lowest BCUT2D eigenvalue weighted by Crippen LogP contribution is -2.29. The van der Waals surface area contributed by atoms with Crippen molar-refractivity contribution in [2.45, 2.75) is 26.3 Å². The molecule has 4 rings (SSSR count). The lowest BCUT2D eigenvalue weighted by Gasteiger charge is -2.25. The zero-order chi connectivity index (χ0) is 20.4. The van der Waals surface area contributed by atoms with Crippen LogP contribution in [-0.2, 0) is 9.59 Å². The Hall–Kier alpha value is -3.68. The second-order valence-electron chi connectivity index (χ2n) is 6.97. The maximum atomic E-state index is 12.4. The minimum absolute atomic E-state index is 0.141. The van der Waals surface area contributed by atoms with Crippen LogP contribution in [0.25, 0.3) is 0 Å². The summed E-state index contributed by atoms with van der Waals surface area (Å²) in [6.45, 7) is 3.87. The number of nitrogens with zero attached hydrogens (tertiary/aromatic N) is 3. The molecule has 8 heteroatoms. The van der Waals surface area contributed by atoms with Crippen LogP contribution in [0.2, 0.25) is 0 Å². The van der Waals surface area contributed by atoms with Crippen molar-refractivity contribution < 1.29 is 14.3 Å². The number of nitrogens with one attached hydrogen (secondary N) is 2. The van der Waals surface area contributed by atoms with E-state index in [2.05, 4.69) is 20.7 Å². The number of benzene rings is 2. The van der Waals surface area contributed by atoms with Crippen LogP contribution in [0.5, 0.6) is 5.75 Å². The van der Waals surface area contributed by atoms with Gasteiger partial charge in [-0.05, 0) is 43.2 Å². The number of anilines is 2. The molecule has 1 aromatic heterocycles. The average Bonchev–Trinajstić information content (AvgIpc) is 3.17. The number of amides is 2. The summed E-state index contributed by atoms with van der Waals surface area (Å²) in [6.07, 6.45) is 1.61. The highest BCUT2D eigenvalue weighted by Crippen LogP contribution is 2.34. The van der Waals surface area contributed by atoms with Crippen molar-refractivity contribution >= 4 is 23.5 Å². The van der Waals surface area contributed by atoms with Crippen molar-refractivity contribution in [3.05, 3.63) is 65.5 Å². The minimum atomic E-state index is -0.347. The van der Waals surface area contributed by atoms with Crippen LogP contribution < -0.4 is 15.4 Å². The van der Waals surface area contributed by atoms with Gasteiger partial charge in [0.25, 0.3) is 5.91 Å². The minimum Gasteiger partial charge on any atom is -0.483 e. The first-order valence-electron chi connectivity index (χ1n) is 9.29. The Morgan fingerprint density at radius 2 is 2.07 bits per heavy atom. The summed E-state index contributed by atoms with van der Waals surface area (Å²) >= 11 is 0. The number of para-hydroxylation sites is 1. The molecule has 0 aliphatic carbocycles. The largest absolute Gasteiger partial charge is 0.483 e. The number of fused-ring (bicyclic) bond motifs is 1. The summed E-state index contributed by atoms with van der Waals surface area (Å²) in [7, 11) is 0. The van der Waals surface area contributed by atoms with Gasteiger partial charge in [-0.15, -0.1) is 0 Å². The predicted molar refractivity (Wildman–Crippen MR) is 108 cm³/mol. The highest BCUT2D eigenvalue weighted by molar-refractivity contribution is 5.92. The molecule has 1 atom stereocenters. The van der Waals surface area contributed by atoms with Crippen molar-refractivity contribution in [2.24, 2.45) is 0 Å². The zero-order valence-electron chi connectivity index (χ0n) is 16.2. The second kappa shape index (κ2) is 7.75. The summed E-state index contributed by atoms with van der Waals surface area (Å²) in [4.78, 5) is 28.5. The molecule has 0 radical (unpaired) electrons. The van der Waals surface area contributed by atoms with E-state index in [1.807, 2.05) is 50.2 Å². The highest BCUT2D eigenvalue weighted by atomic mass is 16.5. The lowest BCUT2D eigenvalue weighted by molar-refractivity contribution is -0.118. The molecule has 8 nitrogen and oxygen atoms in total. The molecule has 29 heavy (non-hydrogen) atoms. The Labute approximate surface area is 167 Å². The molecule has 0 spiro atoms. The number of hydrogen-bond acceptors (Lipinski definition) is 5. The van der Waals surface area contributed by atoms with Gasteiger partial charge in [0.2, 0.25) is 11.9 Å². The van der Waals surface area contributed by atoms with Gasteiger partial charge >= 0.3 is 0 Å². The molecule has 2 amide bonds. The SMILES string of the molecule is Cc1ccc(NC(=O)COc2ccccc2C2CC(=O)Nc3ncnn32)cc1C. The van der Waals surface area contributed by atoms with Crippen molar-refractivity contribution in [1.29, 1.82) is 0 Å². The molecule has 1 aliphatic heterocycles. The van der Waals surface area contributed by atoms with Crippen molar-refractivity contribution in [1.82, 2.24) is 14.8 Å². The summed E-state index contributed by atoms with van der Waals surface area (Å²) in [5.74, 6) is 0.529. The van der Waals surface area contributed by atoms with Gasteiger partial charge in [0.05, 0.1) is 12.5 Å². The first-order valence-corrected chi connectivity index (χ1v) is 9.29. The van der Waals surface area contributed by atoms with Gasteiger partial charge < -0.3 is 10.1 Å². The first-order chi connectivity index (χ1) is 14.0. The number of aromatic nitrogens is 3. The molecular formula is C21H21N5O3. The van der Waals surface area contributed by atoms with Gasteiger partial charge in [-0.3, -0.25) is 14.9 Å². The maximum Gasteiger partial charge on any atom is 0.262 e. The number of ether oxygens (including phenoxy) is 1. The normalized spacial score (nSPS) is 15.4. The molecule has 1 unspecified atom stereocenters. The topological polar surface area (TPSA) is 98.1 Å². The van der Waals surface area contributed by atoms with Gasteiger partial charge in [-0.2, -0.15) is 10.1 Å². The third-order valence-corrected chi connectivity index (χ3v) is 4.93. The number of hydrogen-bond donors (Lipinski definition) is 2. The van der Waals surface area contributed by atoms with Gasteiger partial charge in [-0.25, -0.2) is 4.68 Å². The van der Waals surface area contributed by atoms with E-state index in [9.17, 15) is 9.59 Å². The van der Waals surface area contributed by atoms with Crippen LogP contribution in [0.15, 0.2) is 48.8 Å². The van der Waals surface area contributed by atoms with Gasteiger partial charge in [0.15, 0.2) is 6.61 Å². The van der Waals surface area contributed by atoms with Crippen molar-refractivity contribution in [3.8, 4) is 5.75 Å². The third kappa shape index (κ3) is 3.96. The number of rotatable bonds is 5. The monoisotopic (exact) mass is 391 g/mol. The highest BCUT2D eigenvalue weighted by Gasteiger charge is 2.29. The van der Waals surface area contributed by atoms with Crippen LogP contribution in [-0.4, -0.2) is 33.2 Å². The average molecular weight is 391 g/mol. The van der Waals surface area contributed by atoms with E-state index >= 15 is 0 Å². The van der Waals surface area contributed by atoms with Crippen LogP contribution in [0.1, 0.15) is 29.2 Å². The third-order valence-electron chi connectivity index (χ3n) is 4.93. The summed E-state index contributed by atoms with van der Waals surface area (Å²) in [5, 5.41) is 9.75. The number of aryl methyl sites for hydroxylation is 2.